The van der Waals surface area contributed by atoms with Crippen LogP contribution in [0.25, 0.3) is 85.2 Å². The van der Waals surface area contributed by atoms with E-state index < -0.39 is 0 Å². The average molecular weight is 991 g/mol. The Kier molecular flexibility index (Phi) is 13.4. The number of fused-ring (bicyclic) bond motifs is 2. The lowest BCUT2D eigenvalue weighted by molar-refractivity contribution is 0.838. The van der Waals surface area contributed by atoms with Crippen molar-refractivity contribution in [1.29, 1.82) is 21.0 Å². The summed E-state index contributed by atoms with van der Waals surface area (Å²) in [6.45, 7) is 18.5. The van der Waals surface area contributed by atoms with Crippen LogP contribution >= 0.6 is 68.0 Å². The van der Waals surface area contributed by atoms with Gasteiger partial charge in [0.15, 0.2) is 0 Å². The van der Waals surface area contributed by atoms with Gasteiger partial charge in [0.1, 0.15) is 35.4 Å². The fraction of sp³-hybridized carbons (Fsp3) is 0.207. The Balaban J connectivity index is 1.36. The van der Waals surface area contributed by atoms with E-state index in [1.165, 1.54) is 107 Å². The Morgan fingerprint density at radius 3 is 1.07 bits per heavy atom. The molecule has 9 rings (SSSR count). The number of hydrogen-bond acceptors (Lipinski definition) is 10. The molecule has 3 aromatic carbocycles. The van der Waals surface area contributed by atoms with Crippen molar-refractivity contribution in [2.24, 2.45) is 0 Å². The van der Waals surface area contributed by atoms with Crippen molar-refractivity contribution in [3.8, 4) is 66.0 Å². The third kappa shape index (κ3) is 8.75. The average Bonchev–Trinajstić information content (AvgIpc) is 4.19. The van der Waals surface area contributed by atoms with E-state index in [0.717, 1.165) is 18.8 Å². The summed E-state index contributed by atoms with van der Waals surface area (Å²) in [6.07, 6.45) is 4.31. The predicted octanol–water partition coefficient (Wildman–Crippen LogP) is 15.6. The van der Waals surface area contributed by atoms with Crippen molar-refractivity contribution in [1.82, 2.24) is 0 Å². The highest BCUT2D eigenvalue weighted by molar-refractivity contribution is 7.28. The SMILES string of the molecule is CC(C)c1cccc(C(C)C)c1-c1c2cc(-c3ccc(/C=c4/ccc(=C(C#N)C#N)s4)s3)sc2c(-c2c(C(C)C)cccc2C(C)C)c2cc(-c3ccc(/C=c4/ccc(=C(C#N)C#N)s4)s3)sc12. The van der Waals surface area contributed by atoms with Crippen molar-refractivity contribution in [2.75, 3.05) is 0 Å². The molecule has 0 N–H and O–H groups in total. The van der Waals surface area contributed by atoms with Gasteiger partial charge in [-0.2, -0.15) is 21.0 Å². The van der Waals surface area contributed by atoms with E-state index in [2.05, 4.69) is 140 Å². The summed E-state index contributed by atoms with van der Waals surface area (Å²) in [4.78, 5) is 7.10. The summed E-state index contributed by atoms with van der Waals surface area (Å²) in [5, 5.41) is 40.5. The molecule has 0 fully saturated rings. The van der Waals surface area contributed by atoms with Gasteiger partial charge in [0.05, 0.1) is 9.06 Å². The molecule has 0 saturated carbocycles. The lowest BCUT2D eigenvalue weighted by Crippen LogP contribution is -2.02. The standard InChI is InChI=1S/C58H46N4S6/c1-31(2)41-11-9-12-42(32(3)4)53(41)55-45-25-51(49-21-17-39(65-49)23-37-15-19-47(63-37)35(27-59)28-60)68-58(45)56(54-43(33(5)6)13-10-14-44(54)34(7)8)46-26-52(67-57(46)55)50-22-18-40(66-50)24-38-16-20-48(64-38)36(29-61)30-62/h9-26,31-34H,1-8H3/b37-23-,38-24-. The Morgan fingerprint density at radius 2 is 0.750 bits per heavy atom. The van der Waals surface area contributed by atoms with Crippen LogP contribution in [0.1, 0.15) is 111 Å². The lowest BCUT2D eigenvalue weighted by atomic mass is 9.80. The van der Waals surface area contributed by atoms with Crippen LogP contribution in [0.2, 0.25) is 0 Å². The minimum Gasteiger partial charge on any atom is -0.192 e. The van der Waals surface area contributed by atoms with Gasteiger partial charge >= 0.3 is 0 Å². The predicted molar refractivity (Wildman–Crippen MR) is 295 cm³/mol. The number of rotatable bonds is 10. The molecule has 68 heavy (non-hydrogen) atoms. The zero-order valence-electron chi connectivity index (χ0n) is 38.9. The van der Waals surface area contributed by atoms with E-state index in [1.807, 2.05) is 71.2 Å². The third-order valence-electron chi connectivity index (χ3n) is 12.2. The quantitative estimate of drug-likeness (QED) is 0.136. The second-order valence-corrected chi connectivity index (χ2v) is 24.6. The normalized spacial score (nSPS) is 12.2. The molecular formula is C58H46N4S6. The van der Waals surface area contributed by atoms with Gasteiger partial charge in [-0.25, -0.2) is 0 Å². The minimum atomic E-state index is 0.139. The van der Waals surface area contributed by atoms with E-state index in [4.69, 9.17) is 0 Å². The highest BCUT2D eigenvalue weighted by Crippen LogP contribution is 2.56. The Hall–Kier alpha value is -6.18. The Morgan fingerprint density at radius 1 is 0.397 bits per heavy atom. The van der Waals surface area contributed by atoms with Crippen LogP contribution in [0.5, 0.6) is 0 Å². The van der Waals surface area contributed by atoms with Crippen LogP contribution in [-0.4, -0.2) is 0 Å². The molecule has 0 unspecified atom stereocenters. The first kappa shape index (κ1) is 46.9. The summed E-state index contributed by atoms with van der Waals surface area (Å²) in [6, 6.07) is 43.4. The molecule has 0 bridgehead atoms. The molecular weight excluding hydrogens is 945 g/mol. The maximum Gasteiger partial charge on any atom is 0.146 e. The molecule has 0 amide bonds. The first-order chi connectivity index (χ1) is 32.8. The van der Waals surface area contributed by atoms with Gasteiger partial charge in [0.2, 0.25) is 0 Å². The van der Waals surface area contributed by atoms with Gasteiger partial charge in [0, 0.05) is 69.6 Å². The van der Waals surface area contributed by atoms with E-state index in [1.54, 1.807) is 22.7 Å². The molecule has 0 saturated heterocycles. The summed E-state index contributed by atoms with van der Waals surface area (Å²) in [7, 11) is 0. The van der Waals surface area contributed by atoms with Crippen molar-refractivity contribution in [3.05, 3.63) is 147 Å². The summed E-state index contributed by atoms with van der Waals surface area (Å²) < 4.78 is 5.98. The molecule has 6 heterocycles. The van der Waals surface area contributed by atoms with Crippen LogP contribution in [0.3, 0.4) is 0 Å². The molecule has 0 spiro atoms. The molecule has 0 atom stereocenters. The van der Waals surface area contributed by atoms with Gasteiger partial charge in [-0.3, -0.25) is 0 Å². The first-order valence-corrected chi connectivity index (χ1v) is 27.5. The van der Waals surface area contributed by atoms with Crippen molar-refractivity contribution in [3.63, 3.8) is 0 Å². The summed E-state index contributed by atoms with van der Waals surface area (Å²) in [5.41, 5.74) is 11.0. The molecule has 9 aromatic rings. The second kappa shape index (κ2) is 19.4. The van der Waals surface area contributed by atoms with E-state index in [0.29, 0.717) is 32.7 Å². The highest BCUT2D eigenvalue weighted by atomic mass is 32.1. The molecule has 10 heteroatoms. The van der Waals surface area contributed by atoms with Gasteiger partial charge in [-0.05, 0) is 130 Å². The first-order valence-electron chi connectivity index (χ1n) is 22.6. The smallest absolute Gasteiger partial charge is 0.146 e. The largest absolute Gasteiger partial charge is 0.192 e. The van der Waals surface area contributed by atoms with Gasteiger partial charge in [0.25, 0.3) is 0 Å². The fourth-order valence-electron chi connectivity index (χ4n) is 8.99. The monoisotopic (exact) mass is 990 g/mol. The molecule has 0 aliphatic carbocycles. The minimum absolute atomic E-state index is 0.139. The Bertz CT molecular complexity index is 3490. The van der Waals surface area contributed by atoms with E-state index in [-0.39, 0.29) is 11.1 Å². The topological polar surface area (TPSA) is 95.2 Å². The van der Waals surface area contributed by atoms with Gasteiger partial charge < -0.3 is 0 Å². The molecule has 0 aliphatic rings. The second-order valence-electron chi connectivity index (χ2n) is 18.0. The highest BCUT2D eigenvalue weighted by Gasteiger charge is 2.29. The van der Waals surface area contributed by atoms with Crippen molar-refractivity contribution in [2.45, 2.75) is 79.1 Å². The van der Waals surface area contributed by atoms with Crippen LogP contribution in [0, 0.1) is 45.3 Å². The molecule has 334 valence electrons. The van der Waals surface area contributed by atoms with Crippen LogP contribution in [0.4, 0.5) is 0 Å². The van der Waals surface area contributed by atoms with Gasteiger partial charge in [-0.15, -0.1) is 68.0 Å². The fourth-order valence-corrected chi connectivity index (χ4v) is 15.5. The zero-order chi connectivity index (χ0) is 48.0. The lowest BCUT2D eigenvalue weighted by Gasteiger charge is -2.24. The molecule has 0 aliphatic heterocycles. The van der Waals surface area contributed by atoms with Crippen molar-refractivity contribution < 1.29 is 0 Å². The molecule has 4 nitrogen and oxygen atoms in total. The van der Waals surface area contributed by atoms with Crippen molar-refractivity contribution >= 4 is 111 Å². The number of benzene rings is 3. The Labute approximate surface area is 421 Å². The summed E-state index contributed by atoms with van der Waals surface area (Å²) >= 11 is 10.3. The maximum absolute atomic E-state index is 9.48. The zero-order valence-corrected chi connectivity index (χ0v) is 43.8. The molecule has 6 aromatic heterocycles. The number of nitrogens with zero attached hydrogens (tertiary/aromatic N) is 4. The number of thiophene rings is 6. The van der Waals surface area contributed by atoms with Crippen LogP contribution in [0.15, 0.2) is 97.1 Å². The van der Waals surface area contributed by atoms with E-state index >= 15 is 0 Å². The van der Waals surface area contributed by atoms with E-state index in [9.17, 15) is 21.0 Å². The molecule has 0 radical (unpaired) electrons. The van der Waals surface area contributed by atoms with Crippen LogP contribution in [-0.2, 0) is 0 Å². The van der Waals surface area contributed by atoms with Crippen LogP contribution < -0.4 is 18.1 Å². The number of hydrogen-bond donors (Lipinski definition) is 0. The maximum atomic E-state index is 9.48. The number of nitriles is 4. The third-order valence-corrected chi connectivity index (χ3v) is 19.1. The summed E-state index contributed by atoms with van der Waals surface area (Å²) in [5.74, 6) is 1.19. The van der Waals surface area contributed by atoms with Gasteiger partial charge in [-0.1, -0.05) is 91.8 Å².